The van der Waals surface area contributed by atoms with Crippen LogP contribution in [0.1, 0.15) is 5.56 Å². The van der Waals surface area contributed by atoms with Crippen LogP contribution in [0.15, 0.2) is 36.7 Å². The van der Waals surface area contributed by atoms with Gasteiger partial charge in [-0.3, -0.25) is 14.4 Å². The summed E-state index contributed by atoms with van der Waals surface area (Å²) in [5.74, 6) is 1.76. The Bertz CT molecular complexity index is 709. The first-order chi connectivity index (χ1) is 11.8. The Balaban J connectivity index is 1.29. The molecule has 24 heavy (non-hydrogen) atoms. The fourth-order valence-electron chi connectivity index (χ4n) is 3.09. The average molecular weight is 328 g/mol. The van der Waals surface area contributed by atoms with E-state index in [1.165, 1.54) is 5.56 Å². The van der Waals surface area contributed by atoms with E-state index in [9.17, 15) is 4.79 Å². The van der Waals surface area contributed by atoms with E-state index in [2.05, 4.69) is 16.1 Å². The maximum Gasteiger partial charge on any atom is 0.244 e. The zero-order valence-electron chi connectivity index (χ0n) is 13.4. The summed E-state index contributed by atoms with van der Waals surface area (Å²) in [5, 5.41) is 4.09. The number of carbonyl (C=O) groups is 1. The second kappa shape index (κ2) is 6.52. The number of piperazine rings is 1. The molecule has 1 aromatic carbocycles. The summed E-state index contributed by atoms with van der Waals surface area (Å²) in [5.41, 5.74) is 1.20. The normalized spacial score (nSPS) is 17.2. The summed E-state index contributed by atoms with van der Waals surface area (Å²) in [6.45, 7) is 4.73. The molecule has 0 bridgehead atoms. The molecule has 2 aliphatic rings. The van der Waals surface area contributed by atoms with Gasteiger partial charge in [-0.1, -0.05) is 6.07 Å². The van der Waals surface area contributed by atoms with Crippen molar-refractivity contribution in [1.82, 2.24) is 19.6 Å². The lowest BCUT2D eigenvalue weighted by Crippen LogP contribution is -2.49. The van der Waals surface area contributed by atoms with Crippen molar-refractivity contribution in [2.24, 2.45) is 0 Å². The van der Waals surface area contributed by atoms with Gasteiger partial charge in [-0.2, -0.15) is 5.10 Å². The molecular formula is C17H20N4O3. The molecule has 1 saturated heterocycles. The minimum Gasteiger partial charge on any atom is -0.454 e. The number of rotatable bonds is 4. The maximum atomic E-state index is 12.3. The summed E-state index contributed by atoms with van der Waals surface area (Å²) in [7, 11) is 0. The van der Waals surface area contributed by atoms with Crippen LogP contribution in [0.5, 0.6) is 11.5 Å². The molecule has 1 fully saturated rings. The highest BCUT2D eigenvalue weighted by molar-refractivity contribution is 5.76. The quantitative estimate of drug-likeness (QED) is 0.836. The Morgan fingerprint density at radius 3 is 2.75 bits per heavy atom. The number of ether oxygens (including phenoxy) is 2. The molecule has 0 N–H and O–H groups in total. The van der Waals surface area contributed by atoms with Gasteiger partial charge in [0.15, 0.2) is 11.5 Å². The molecule has 0 spiro atoms. The lowest BCUT2D eigenvalue weighted by Gasteiger charge is -2.34. The van der Waals surface area contributed by atoms with Crippen molar-refractivity contribution in [3.05, 3.63) is 42.2 Å². The van der Waals surface area contributed by atoms with Gasteiger partial charge in [0.1, 0.15) is 6.54 Å². The number of hydrogen-bond donors (Lipinski definition) is 0. The fourth-order valence-corrected chi connectivity index (χ4v) is 3.09. The number of fused-ring (bicyclic) bond motifs is 1. The Labute approximate surface area is 140 Å². The van der Waals surface area contributed by atoms with Crippen LogP contribution in [-0.2, 0) is 17.9 Å². The molecule has 4 rings (SSSR count). The molecule has 7 heteroatoms. The zero-order valence-corrected chi connectivity index (χ0v) is 13.4. The van der Waals surface area contributed by atoms with Crippen molar-refractivity contribution < 1.29 is 14.3 Å². The van der Waals surface area contributed by atoms with Crippen LogP contribution in [0.3, 0.4) is 0 Å². The first kappa shape index (κ1) is 15.0. The van der Waals surface area contributed by atoms with Gasteiger partial charge in [-0.25, -0.2) is 0 Å². The van der Waals surface area contributed by atoms with E-state index < -0.39 is 0 Å². The van der Waals surface area contributed by atoms with Crippen molar-refractivity contribution in [1.29, 1.82) is 0 Å². The molecule has 7 nitrogen and oxygen atoms in total. The fraction of sp³-hybridized carbons (Fsp3) is 0.412. The minimum absolute atomic E-state index is 0.126. The number of aromatic nitrogens is 2. The third kappa shape index (κ3) is 3.21. The number of amides is 1. The third-order valence-electron chi connectivity index (χ3n) is 4.42. The number of nitrogens with zero attached hydrogens (tertiary/aromatic N) is 4. The van der Waals surface area contributed by atoms with E-state index in [-0.39, 0.29) is 5.91 Å². The first-order valence-electron chi connectivity index (χ1n) is 8.14. The van der Waals surface area contributed by atoms with Crippen LogP contribution in [-0.4, -0.2) is 58.5 Å². The van der Waals surface area contributed by atoms with Gasteiger partial charge in [-0.05, 0) is 23.8 Å². The first-order valence-corrected chi connectivity index (χ1v) is 8.14. The summed E-state index contributed by atoms with van der Waals surface area (Å²) in [6.07, 6.45) is 3.50. The summed E-state index contributed by atoms with van der Waals surface area (Å²) in [4.78, 5) is 16.5. The highest BCUT2D eigenvalue weighted by Crippen LogP contribution is 2.32. The van der Waals surface area contributed by atoms with Crippen LogP contribution in [0.2, 0.25) is 0 Å². The average Bonchev–Trinajstić information content (AvgIpc) is 3.26. The summed E-state index contributed by atoms with van der Waals surface area (Å²) >= 11 is 0. The second-order valence-electron chi connectivity index (χ2n) is 6.05. The molecule has 0 atom stereocenters. The summed E-state index contributed by atoms with van der Waals surface area (Å²) < 4.78 is 12.4. The third-order valence-corrected chi connectivity index (χ3v) is 4.42. The van der Waals surface area contributed by atoms with Crippen LogP contribution < -0.4 is 9.47 Å². The van der Waals surface area contributed by atoms with E-state index in [1.54, 1.807) is 10.9 Å². The van der Waals surface area contributed by atoms with Crippen molar-refractivity contribution >= 4 is 5.91 Å². The number of benzene rings is 1. The van der Waals surface area contributed by atoms with Crippen molar-refractivity contribution in [2.75, 3.05) is 33.0 Å². The molecule has 2 aliphatic heterocycles. The molecule has 0 aliphatic carbocycles. The molecule has 2 aromatic rings. The molecule has 1 aromatic heterocycles. The molecule has 126 valence electrons. The topological polar surface area (TPSA) is 59.8 Å². The van der Waals surface area contributed by atoms with Gasteiger partial charge in [0, 0.05) is 45.1 Å². The van der Waals surface area contributed by atoms with Gasteiger partial charge in [0.2, 0.25) is 12.7 Å². The number of carbonyl (C=O) groups excluding carboxylic acids is 1. The van der Waals surface area contributed by atoms with Crippen LogP contribution >= 0.6 is 0 Å². The largest absolute Gasteiger partial charge is 0.454 e. The van der Waals surface area contributed by atoms with Crippen molar-refractivity contribution in [3.63, 3.8) is 0 Å². The molecule has 0 radical (unpaired) electrons. The lowest BCUT2D eigenvalue weighted by atomic mass is 10.1. The predicted octanol–water partition coefficient (Wildman–Crippen LogP) is 0.956. The van der Waals surface area contributed by atoms with Crippen LogP contribution in [0, 0.1) is 0 Å². The van der Waals surface area contributed by atoms with Crippen LogP contribution in [0.25, 0.3) is 0 Å². The summed E-state index contributed by atoms with van der Waals surface area (Å²) in [6, 6.07) is 7.90. The van der Waals surface area contributed by atoms with E-state index in [4.69, 9.17) is 9.47 Å². The minimum atomic E-state index is 0.126. The molecule has 1 amide bonds. The van der Waals surface area contributed by atoms with Gasteiger partial charge in [0.05, 0.1) is 0 Å². The van der Waals surface area contributed by atoms with Gasteiger partial charge in [0.25, 0.3) is 0 Å². The van der Waals surface area contributed by atoms with Crippen LogP contribution in [0.4, 0.5) is 0 Å². The van der Waals surface area contributed by atoms with Gasteiger partial charge in [-0.15, -0.1) is 0 Å². The molecule has 3 heterocycles. The Morgan fingerprint density at radius 2 is 1.96 bits per heavy atom. The lowest BCUT2D eigenvalue weighted by molar-refractivity contribution is -0.133. The van der Waals surface area contributed by atoms with Crippen molar-refractivity contribution in [3.8, 4) is 11.5 Å². The standard InChI is InChI=1S/C17H20N4O3/c22-17(12-21-5-1-4-18-21)20-8-6-19(7-9-20)11-14-2-3-15-16(10-14)24-13-23-15/h1-5,10H,6-9,11-13H2. The predicted molar refractivity (Wildman–Crippen MR) is 86.6 cm³/mol. The number of hydrogen-bond acceptors (Lipinski definition) is 5. The van der Waals surface area contributed by atoms with Crippen molar-refractivity contribution in [2.45, 2.75) is 13.1 Å². The Hall–Kier alpha value is -2.54. The molecule has 0 saturated carbocycles. The van der Waals surface area contributed by atoms with E-state index >= 15 is 0 Å². The molecular weight excluding hydrogens is 308 g/mol. The monoisotopic (exact) mass is 328 g/mol. The second-order valence-corrected chi connectivity index (χ2v) is 6.05. The zero-order chi connectivity index (χ0) is 16.4. The maximum absolute atomic E-state index is 12.3. The van der Waals surface area contributed by atoms with Gasteiger partial charge >= 0.3 is 0 Å². The highest BCUT2D eigenvalue weighted by Gasteiger charge is 2.22. The van der Waals surface area contributed by atoms with E-state index in [1.807, 2.05) is 29.3 Å². The SMILES string of the molecule is O=C(Cn1cccn1)N1CCN(Cc2ccc3c(c2)OCO3)CC1. The smallest absolute Gasteiger partial charge is 0.244 e. The van der Waals surface area contributed by atoms with E-state index in [0.717, 1.165) is 44.2 Å². The Morgan fingerprint density at radius 1 is 1.12 bits per heavy atom. The van der Waals surface area contributed by atoms with E-state index in [0.29, 0.717) is 13.3 Å². The van der Waals surface area contributed by atoms with Gasteiger partial charge < -0.3 is 14.4 Å². The Kier molecular flexibility index (Phi) is 4.08. The highest BCUT2D eigenvalue weighted by atomic mass is 16.7. The molecule has 0 unspecified atom stereocenters.